The molecule has 3 aromatic carbocycles. The van der Waals surface area contributed by atoms with Crippen LogP contribution in [0, 0.1) is 0 Å². The Kier molecular flexibility index (Phi) is 8.69. The first-order valence-corrected chi connectivity index (χ1v) is 19.9. The van der Waals surface area contributed by atoms with E-state index in [0.717, 1.165) is 40.3 Å². The molecule has 0 aliphatic carbocycles. The molecule has 48 heavy (non-hydrogen) atoms. The van der Waals surface area contributed by atoms with Gasteiger partial charge in [-0.3, -0.25) is 4.57 Å². The van der Waals surface area contributed by atoms with E-state index < -0.39 is 44.0 Å². The lowest BCUT2D eigenvalue weighted by Gasteiger charge is -2.37. The molecule has 0 N–H and O–H groups in total. The molecule has 0 bridgehead atoms. The molecule has 8 nitrogen and oxygen atoms in total. The molecule has 5 aromatic rings. The van der Waals surface area contributed by atoms with Gasteiger partial charge in [0.2, 0.25) is 0 Å². The number of aromatic nitrogens is 4. The van der Waals surface area contributed by atoms with Gasteiger partial charge in [0, 0.05) is 0 Å². The highest BCUT2D eigenvalue weighted by atomic mass is 35.5. The van der Waals surface area contributed by atoms with Gasteiger partial charge < -0.3 is 18.9 Å². The molecular formula is C38H43ClN4O4Si. The quantitative estimate of drug-likeness (QED) is 0.0805. The maximum Gasteiger partial charge on any atom is 0.166 e. The van der Waals surface area contributed by atoms with Crippen molar-refractivity contribution < 1.29 is 20.3 Å². The first-order chi connectivity index (χ1) is 23.7. The summed E-state index contributed by atoms with van der Waals surface area (Å²) in [4.78, 5) is 13.9. The average Bonchev–Trinajstić information content (AvgIpc) is 3.76. The molecule has 7 rings (SSSR count). The van der Waals surface area contributed by atoms with Crippen molar-refractivity contribution in [1.82, 2.24) is 19.5 Å². The molecular weight excluding hydrogens is 640 g/mol. The van der Waals surface area contributed by atoms with Gasteiger partial charge in [-0.05, 0) is 30.5 Å². The number of hydrogen-bond donors (Lipinski definition) is 0. The van der Waals surface area contributed by atoms with E-state index >= 15 is 0 Å². The Hall–Kier alpha value is -3.44. The van der Waals surface area contributed by atoms with Gasteiger partial charge in [-0.25, -0.2) is 15.0 Å². The summed E-state index contributed by atoms with van der Waals surface area (Å²) in [5, 5.41) is 0.165. The zero-order valence-electron chi connectivity index (χ0n) is 29.1. The zero-order chi connectivity index (χ0) is 34.4. The number of fused-ring (bicyclic) bond motifs is 2. The van der Waals surface area contributed by atoms with E-state index in [0.29, 0.717) is 11.2 Å². The molecule has 2 aliphatic rings. The van der Waals surface area contributed by atoms with Gasteiger partial charge in [0.05, 0.1) is 12.1 Å². The number of rotatable bonds is 11. The fourth-order valence-corrected chi connectivity index (χ4v) is 11.4. The standard InChI is InChI=1S/C38H43ClN4O4Si/c1-6-48(7-2,8-3)36-42-30-33(39)40-25-41-34(30)43(36)35-32-31(46-37(4,5)47-32)29(45-35)24-44-38(26-18-12-9-13-19-26,27-20-14-10-15-21-27)28-22-16-11-17-23-28/h9-23,25,29,31-32,35H,6-8,24H2,1-5H3/t29-,31-,32-,35-/m1/s1/i25D. The maximum atomic E-state index is 8.36. The predicted molar refractivity (Wildman–Crippen MR) is 190 cm³/mol. The highest BCUT2D eigenvalue weighted by molar-refractivity contribution is 6.90. The van der Waals surface area contributed by atoms with Crippen LogP contribution in [0.2, 0.25) is 23.3 Å². The van der Waals surface area contributed by atoms with E-state index in [4.69, 9.17) is 36.9 Å². The molecule has 0 saturated carbocycles. The Balaban J connectivity index is 1.35. The van der Waals surface area contributed by atoms with Crippen molar-refractivity contribution in [3.63, 3.8) is 0 Å². The second kappa shape index (κ2) is 13.1. The summed E-state index contributed by atoms with van der Waals surface area (Å²) >= 11 is 6.65. The summed E-state index contributed by atoms with van der Waals surface area (Å²) in [6.07, 6.45) is -2.24. The van der Waals surface area contributed by atoms with Crippen LogP contribution in [-0.4, -0.2) is 58.3 Å². The molecule has 2 aliphatic heterocycles. The Morgan fingerprint density at radius 3 is 1.88 bits per heavy atom. The van der Waals surface area contributed by atoms with Gasteiger partial charge in [-0.15, -0.1) is 0 Å². The SMILES string of the molecule is [2H]c1nc(Cl)c2nc([Si](CC)(CC)CC)n([C@@H]3O[C@H](COC(c4ccccc4)(c4ccccc4)c4ccccc4)[C@H]4OC(C)(C)O[C@H]43)c2n1. The van der Waals surface area contributed by atoms with Crippen molar-refractivity contribution in [2.75, 3.05) is 6.61 Å². The van der Waals surface area contributed by atoms with Gasteiger partial charge in [-0.2, -0.15) is 0 Å². The monoisotopic (exact) mass is 683 g/mol. The van der Waals surface area contributed by atoms with Gasteiger partial charge in [0.1, 0.15) is 45.2 Å². The third-order valence-corrected chi connectivity index (χ3v) is 15.9. The van der Waals surface area contributed by atoms with Crippen LogP contribution in [0.4, 0.5) is 0 Å². The van der Waals surface area contributed by atoms with Crippen LogP contribution >= 0.6 is 11.6 Å². The van der Waals surface area contributed by atoms with Crippen molar-refractivity contribution in [2.24, 2.45) is 0 Å². The first kappa shape index (κ1) is 31.8. The second-order valence-electron chi connectivity index (χ2n) is 13.2. The summed E-state index contributed by atoms with van der Waals surface area (Å²) in [7, 11) is -2.15. The maximum absolute atomic E-state index is 8.36. The molecule has 2 aromatic heterocycles. The summed E-state index contributed by atoms with van der Waals surface area (Å²) in [6, 6.07) is 33.9. The van der Waals surface area contributed by atoms with Crippen LogP contribution in [0.1, 0.15) is 58.9 Å². The normalized spacial score (nSPS) is 22.6. The Morgan fingerprint density at radius 2 is 1.35 bits per heavy atom. The molecule has 4 atom stereocenters. The molecule has 0 unspecified atom stereocenters. The smallest absolute Gasteiger partial charge is 0.166 e. The molecule has 10 heteroatoms. The Labute approximate surface area is 289 Å². The summed E-state index contributed by atoms with van der Waals surface area (Å²) < 4.78 is 38.0. The fraction of sp³-hybridized carbons (Fsp3) is 0.395. The van der Waals surface area contributed by atoms with Gasteiger partial charge in [0.25, 0.3) is 0 Å². The molecule has 0 spiro atoms. The highest BCUT2D eigenvalue weighted by Crippen LogP contribution is 2.46. The molecule has 2 saturated heterocycles. The number of ether oxygens (including phenoxy) is 4. The van der Waals surface area contributed by atoms with Crippen LogP contribution in [0.15, 0.2) is 97.3 Å². The van der Waals surface area contributed by atoms with Crippen LogP contribution < -0.4 is 5.45 Å². The number of benzene rings is 3. The lowest BCUT2D eigenvalue weighted by molar-refractivity contribution is -0.204. The predicted octanol–water partition coefficient (Wildman–Crippen LogP) is 7.62. The van der Waals surface area contributed by atoms with Crippen molar-refractivity contribution in [3.8, 4) is 0 Å². The Morgan fingerprint density at radius 1 is 0.833 bits per heavy atom. The molecule has 0 radical (unpaired) electrons. The number of halogens is 1. The van der Waals surface area contributed by atoms with Gasteiger partial charge in [-0.1, -0.05) is 141 Å². The van der Waals surface area contributed by atoms with Crippen LogP contribution in [0.5, 0.6) is 0 Å². The van der Waals surface area contributed by atoms with Gasteiger partial charge in [0.15, 0.2) is 22.8 Å². The highest BCUT2D eigenvalue weighted by Gasteiger charge is 2.58. The van der Waals surface area contributed by atoms with Crippen molar-refractivity contribution in [3.05, 3.63) is 119 Å². The Bertz CT molecular complexity index is 1800. The van der Waals surface area contributed by atoms with E-state index in [1.54, 1.807) is 0 Å². The lowest BCUT2D eigenvalue weighted by Crippen LogP contribution is -2.52. The minimum atomic E-state index is -2.15. The third kappa shape index (κ3) is 5.50. The number of nitrogens with zero attached hydrogens (tertiary/aromatic N) is 4. The van der Waals surface area contributed by atoms with Crippen LogP contribution in [0.3, 0.4) is 0 Å². The van der Waals surface area contributed by atoms with Crippen molar-refractivity contribution >= 4 is 36.3 Å². The van der Waals surface area contributed by atoms with E-state index in [-0.39, 0.29) is 18.1 Å². The van der Waals surface area contributed by atoms with E-state index in [1.807, 2.05) is 68.4 Å². The third-order valence-electron chi connectivity index (χ3n) is 10.3. The van der Waals surface area contributed by atoms with Crippen LogP contribution in [-0.2, 0) is 24.5 Å². The van der Waals surface area contributed by atoms with Gasteiger partial charge >= 0.3 is 0 Å². The van der Waals surface area contributed by atoms with Crippen molar-refractivity contribution in [2.45, 2.75) is 88.7 Å². The fourth-order valence-electron chi connectivity index (χ4n) is 7.65. The van der Waals surface area contributed by atoms with E-state index in [9.17, 15) is 0 Å². The molecule has 4 heterocycles. The molecule has 250 valence electrons. The minimum Gasteiger partial charge on any atom is -0.358 e. The minimum absolute atomic E-state index is 0.165. The second-order valence-corrected chi connectivity index (χ2v) is 18.6. The largest absolute Gasteiger partial charge is 0.358 e. The summed E-state index contributed by atoms with van der Waals surface area (Å²) in [5.74, 6) is -0.858. The first-order valence-electron chi connectivity index (χ1n) is 17.4. The lowest BCUT2D eigenvalue weighted by atomic mass is 9.80. The van der Waals surface area contributed by atoms with E-state index in [1.165, 1.54) is 0 Å². The van der Waals surface area contributed by atoms with Crippen LogP contribution in [0.25, 0.3) is 11.2 Å². The van der Waals surface area contributed by atoms with Crippen molar-refractivity contribution in [1.29, 1.82) is 0 Å². The van der Waals surface area contributed by atoms with E-state index in [2.05, 4.69) is 71.7 Å². The number of hydrogen-bond acceptors (Lipinski definition) is 7. The average molecular weight is 684 g/mol. The zero-order valence-corrected chi connectivity index (χ0v) is 29.9. The molecule has 0 amide bonds. The topological polar surface area (TPSA) is 80.5 Å². The molecule has 2 fully saturated rings. The summed E-state index contributed by atoms with van der Waals surface area (Å²) in [5.41, 5.74) is 3.98. The summed E-state index contributed by atoms with van der Waals surface area (Å²) in [6.45, 7) is 10.8. The number of imidazole rings is 1.